The number of hydrogen-bond acceptors (Lipinski definition) is 3. The zero-order valence-electron chi connectivity index (χ0n) is 10.3. The minimum Gasteiger partial charge on any atom is -0.350 e. The van der Waals surface area contributed by atoms with Crippen LogP contribution in [0, 0.1) is 9.88 Å². The average Bonchev–Trinajstić information content (AvgIpc) is 2.51. The summed E-state index contributed by atoms with van der Waals surface area (Å²) in [6.07, 6.45) is 0. The zero-order chi connectivity index (χ0) is 13.7. The summed E-state index contributed by atoms with van der Waals surface area (Å²) in [5, 5.41) is 1.72. The second-order valence-electron chi connectivity index (χ2n) is 4.63. The lowest BCUT2D eigenvalue weighted by Gasteiger charge is -2.02. The van der Waals surface area contributed by atoms with E-state index in [1.807, 2.05) is 36.4 Å². The van der Waals surface area contributed by atoms with Crippen molar-refractivity contribution in [2.24, 2.45) is 0 Å². The third-order valence-electron chi connectivity index (χ3n) is 3.44. The lowest BCUT2D eigenvalue weighted by Crippen LogP contribution is -2.25. The van der Waals surface area contributed by atoms with E-state index < -0.39 is 10.9 Å². The smallest absolute Gasteiger partial charge is 0.251 e. The monoisotopic (exact) mass is 279 g/mol. The average molecular weight is 279 g/mol. The summed E-state index contributed by atoms with van der Waals surface area (Å²) in [5.41, 5.74) is -0.0238. The van der Waals surface area contributed by atoms with E-state index in [9.17, 15) is 9.59 Å². The van der Waals surface area contributed by atoms with Crippen LogP contribution in [0.25, 0.3) is 21.0 Å². The molecule has 20 heavy (non-hydrogen) atoms. The highest BCUT2D eigenvalue weighted by Crippen LogP contribution is 2.21. The van der Waals surface area contributed by atoms with E-state index in [0.717, 1.165) is 20.1 Å². The van der Waals surface area contributed by atoms with Gasteiger partial charge in [0.2, 0.25) is 5.43 Å². The summed E-state index contributed by atoms with van der Waals surface area (Å²) >= 11 is 1.53. The van der Waals surface area contributed by atoms with Gasteiger partial charge in [0.1, 0.15) is 5.35 Å². The fourth-order valence-corrected chi connectivity index (χ4v) is 3.61. The quantitative estimate of drug-likeness (QED) is 0.503. The van der Waals surface area contributed by atoms with Crippen molar-refractivity contribution >= 4 is 32.3 Å². The van der Waals surface area contributed by atoms with Crippen LogP contribution >= 0.6 is 11.3 Å². The van der Waals surface area contributed by atoms with Crippen molar-refractivity contribution in [2.45, 2.75) is 0 Å². The maximum absolute atomic E-state index is 12.2. The van der Waals surface area contributed by atoms with Crippen LogP contribution in [0.1, 0.15) is 0 Å². The number of para-hydroxylation sites is 1. The molecule has 0 aromatic heterocycles. The maximum atomic E-state index is 12.2. The zero-order valence-corrected chi connectivity index (χ0v) is 11.2. The largest absolute Gasteiger partial charge is 0.350 e. The summed E-state index contributed by atoms with van der Waals surface area (Å²) in [6.45, 7) is 0. The predicted molar refractivity (Wildman–Crippen MR) is 81.5 cm³/mol. The summed E-state index contributed by atoms with van der Waals surface area (Å²) in [5.74, 6) is 0. The number of H-pyrrole nitrogens is 1. The molecule has 96 valence electrons. The van der Waals surface area contributed by atoms with Crippen molar-refractivity contribution in [3.63, 3.8) is 0 Å². The normalized spacial score (nSPS) is 11.4. The lowest BCUT2D eigenvalue weighted by atomic mass is 10.1. The molecule has 0 spiro atoms. The van der Waals surface area contributed by atoms with Crippen LogP contribution < -0.4 is 10.9 Å². The van der Waals surface area contributed by atoms with Gasteiger partial charge in [0.25, 0.3) is 5.43 Å². The molecule has 0 saturated carbocycles. The van der Waals surface area contributed by atoms with Gasteiger partial charge in [-0.15, -0.1) is 11.3 Å². The summed E-state index contributed by atoms with van der Waals surface area (Å²) in [7, 11) is 0. The van der Waals surface area contributed by atoms with Crippen molar-refractivity contribution in [1.29, 1.82) is 0 Å². The van der Waals surface area contributed by atoms with Crippen molar-refractivity contribution in [3.8, 4) is 0 Å². The molecule has 3 nitrogen and oxygen atoms in total. The molecule has 2 aliphatic rings. The van der Waals surface area contributed by atoms with E-state index >= 15 is 0 Å². The molecule has 0 unspecified atom stereocenters. The van der Waals surface area contributed by atoms with Gasteiger partial charge in [-0.3, -0.25) is 9.59 Å². The number of rotatable bonds is 0. The van der Waals surface area contributed by atoms with Crippen LogP contribution in [0.5, 0.6) is 0 Å². The van der Waals surface area contributed by atoms with E-state index in [2.05, 4.69) is 4.98 Å². The van der Waals surface area contributed by atoms with Crippen LogP contribution in [0.15, 0.2) is 58.1 Å². The molecule has 0 bridgehead atoms. The van der Waals surface area contributed by atoms with Gasteiger partial charge in [-0.05, 0) is 12.1 Å². The molecule has 0 fully saturated rings. The van der Waals surface area contributed by atoms with Gasteiger partial charge in [0, 0.05) is 10.8 Å². The van der Waals surface area contributed by atoms with E-state index in [-0.39, 0.29) is 0 Å². The number of fused-ring (bicyclic) bond motifs is 3. The molecule has 0 saturated heterocycles. The predicted octanol–water partition coefficient (Wildman–Crippen LogP) is 2.83. The topological polar surface area (TPSA) is 49.9 Å². The first-order valence-corrected chi connectivity index (χ1v) is 7.04. The van der Waals surface area contributed by atoms with Crippen molar-refractivity contribution in [2.75, 3.05) is 0 Å². The van der Waals surface area contributed by atoms with Gasteiger partial charge in [0.15, 0.2) is 0 Å². The Kier molecular flexibility index (Phi) is 2.28. The van der Waals surface area contributed by atoms with Crippen LogP contribution in [0.4, 0.5) is 0 Å². The van der Waals surface area contributed by atoms with E-state index in [4.69, 9.17) is 0 Å². The third-order valence-corrected chi connectivity index (χ3v) is 4.64. The van der Waals surface area contributed by atoms with Crippen molar-refractivity contribution in [1.82, 2.24) is 4.98 Å². The van der Waals surface area contributed by atoms with Crippen molar-refractivity contribution in [3.05, 3.63) is 78.9 Å². The van der Waals surface area contributed by atoms with E-state index in [1.165, 1.54) is 11.3 Å². The maximum Gasteiger partial charge on any atom is 0.251 e. The first-order valence-electron chi connectivity index (χ1n) is 6.22. The van der Waals surface area contributed by atoms with E-state index in [1.54, 1.807) is 12.1 Å². The van der Waals surface area contributed by atoms with Crippen LogP contribution in [0.3, 0.4) is 0 Å². The van der Waals surface area contributed by atoms with Crippen LogP contribution in [0.2, 0.25) is 0 Å². The fourth-order valence-electron chi connectivity index (χ4n) is 2.48. The second kappa shape index (κ2) is 4.02. The first-order chi connectivity index (χ1) is 9.75. The first kappa shape index (κ1) is 11.4. The molecule has 4 rings (SSSR count). The summed E-state index contributed by atoms with van der Waals surface area (Å²) in [4.78, 5) is 27.5. The van der Waals surface area contributed by atoms with Gasteiger partial charge in [0.05, 0.1) is 14.7 Å². The Morgan fingerprint density at radius 1 is 0.800 bits per heavy atom. The van der Waals surface area contributed by atoms with Gasteiger partial charge >= 0.3 is 0 Å². The number of aromatic amines is 1. The van der Waals surface area contributed by atoms with Gasteiger partial charge < -0.3 is 4.98 Å². The minimum atomic E-state index is -0.458. The molecule has 2 aromatic carbocycles. The number of hydrogen-bond donors (Lipinski definition) is 1. The summed E-state index contributed by atoms with van der Waals surface area (Å²) < 4.78 is 1.90. The molecule has 0 amide bonds. The Morgan fingerprint density at radius 2 is 1.50 bits per heavy atom. The number of benzene rings is 2. The Balaban J connectivity index is 2.47. The highest BCUT2D eigenvalue weighted by atomic mass is 32.1. The molecule has 1 heterocycles. The molecular formula is C16H9NO2S. The standard InChI is InChI=1S/C16H9NO2S/c18-14-9-5-1-2-6-10(9)16-13(15(14)19)17-11-7-3-4-8-12(11)20-16/h1-8,17H. The molecule has 0 radical (unpaired) electrons. The van der Waals surface area contributed by atoms with Crippen LogP contribution in [-0.4, -0.2) is 4.98 Å². The van der Waals surface area contributed by atoms with Gasteiger partial charge in [-0.25, -0.2) is 0 Å². The Hall–Kier alpha value is -2.46. The highest BCUT2D eigenvalue weighted by molar-refractivity contribution is 7.17. The van der Waals surface area contributed by atoms with Crippen LogP contribution in [-0.2, 0) is 0 Å². The SMILES string of the molecule is O=c1c2[nH]c3ccccc3sc=2c2ccccc2c1=O. The number of aromatic nitrogens is 1. The molecule has 1 aliphatic carbocycles. The minimum absolute atomic E-state index is 0.400. The fraction of sp³-hybridized carbons (Fsp3) is 0. The molecule has 0 atom stereocenters. The van der Waals surface area contributed by atoms with E-state index in [0.29, 0.717) is 10.7 Å². The Labute approximate surface area is 116 Å². The summed E-state index contributed by atoms with van der Waals surface area (Å²) in [6, 6.07) is 15.0. The molecule has 4 heteroatoms. The third kappa shape index (κ3) is 1.45. The second-order valence-corrected chi connectivity index (χ2v) is 5.68. The Bertz CT molecular complexity index is 1140. The Morgan fingerprint density at radius 3 is 2.35 bits per heavy atom. The molecule has 1 N–H and O–H groups in total. The van der Waals surface area contributed by atoms with Gasteiger partial charge in [-0.1, -0.05) is 36.4 Å². The van der Waals surface area contributed by atoms with Crippen molar-refractivity contribution < 1.29 is 0 Å². The molecule has 1 aliphatic heterocycles. The molecule has 2 aromatic rings. The molecular weight excluding hydrogens is 270 g/mol. The highest BCUT2D eigenvalue weighted by Gasteiger charge is 2.09. The van der Waals surface area contributed by atoms with Gasteiger partial charge in [-0.2, -0.15) is 0 Å². The number of nitrogens with one attached hydrogen (secondary N) is 1. The lowest BCUT2D eigenvalue weighted by molar-refractivity contribution is 1.26.